The van der Waals surface area contributed by atoms with Crippen molar-refractivity contribution in [1.82, 2.24) is 10.3 Å². The van der Waals surface area contributed by atoms with E-state index in [1.165, 1.54) is 0 Å². The van der Waals surface area contributed by atoms with E-state index in [0.717, 1.165) is 16.8 Å². The summed E-state index contributed by atoms with van der Waals surface area (Å²) in [6, 6.07) is 23.2. The molecule has 36 heavy (non-hydrogen) atoms. The Hall–Kier alpha value is -4.19. The minimum Gasteiger partial charge on any atom is -0.490 e. The summed E-state index contributed by atoms with van der Waals surface area (Å²) >= 11 is 0. The van der Waals surface area contributed by atoms with Crippen molar-refractivity contribution in [2.24, 2.45) is 0 Å². The Balaban J connectivity index is 1.39. The minimum atomic E-state index is -0.504. The number of Topliss-reactive ketones (excluding diaryl/α,β-unsaturated/α-hetero) is 1. The van der Waals surface area contributed by atoms with E-state index < -0.39 is 11.9 Å². The van der Waals surface area contributed by atoms with Crippen molar-refractivity contribution in [2.45, 2.75) is 31.6 Å². The monoisotopic (exact) mass is 480 g/mol. The molecule has 3 aromatic rings. The molecule has 0 radical (unpaired) electrons. The van der Waals surface area contributed by atoms with E-state index in [1.807, 2.05) is 67.6 Å². The number of hydrogen-bond donors (Lipinski definition) is 1. The van der Waals surface area contributed by atoms with E-state index in [2.05, 4.69) is 22.4 Å². The van der Waals surface area contributed by atoms with Crippen molar-refractivity contribution in [1.29, 1.82) is 0 Å². The Bertz CT molecular complexity index is 1300. The second-order valence-electron chi connectivity index (χ2n) is 9.01. The van der Waals surface area contributed by atoms with Crippen molar-refractivity contribution in [2.75, 3.05) is 13.2 Å². The molecular formula is C30H28N2O4. The number of ketones is 1. The maximum atomic E-state index is 13.6. The van der Waals surface area contributed by atoms with Crippen LogP contribution in [0.3, 0.4) is 0 Å². The number of pyridine rings is 1. The number of ether oxygens (including phenoxy) is 2. The number of rotatable bonds is 7. The smallest absolute Gasteiger partial charge is 0.336 e. The molecule has 2 heterocycles. The number of hydrogen-bond acceptors (Lipinski definition) is 6. The van der Waals surface area contributed by atoms with Crippen LogP contribution in [0.1, 0.15) is 42.7 Å². The Morgan fingerprint density at radius 1 is 0.917 bits per heavy atom. The van der Waals surface area contributed by atoms with E-state index >= 15 is 0 Å². The fourth-order valence-corrected chi connectivity index (χ4v) is 5.05. The van der Waals surface area contributed by atoms with Crippen molar-refractivity contribution in [3.8, 4) is 5.75 Å². The lowest BCUT2D eigenvalue weighted by atomic mass is 9.72. The van der Waals surface area contributed by atoms with E-state index in [-0.39, 0.29) is 24.9 Å². The van der Waals surface area contributed by atoms with E-state index in [0.29, 0.717) is 35.4 Å². The topological polar surface area (TPSA) is 77.5 Å². The number of aromatic nitrogens is 1. The van der Waals surface area contributed by atoms with Crippen molar-refractivity contribution in [3.05, 3.63) is 119 Å². The van der Waals surface area contributed by atoms with Gasteiger partial charge >= 0.3 is 5.97 Å². The maximum Gasteiger partial charge on any atom is 0.336 e. The van der Waals surface area contributed by atoms with Crippen LogP contribution in [0.5, 0.6) is 5.75 Å². The van der Waals surface area contributed by atoms with E-state index in [9.17, 15) is 9.59 Å². The number of allylic oxidation sites excluding steroid dienone is 3. The highest BCUT2D eigenvalue weighted by molar-refractivity contribution is 6.04. The first-order valence-electron chi connectivity index (χ1n) is 12.2. The molecule has 2 atom stereocenters. The molecule has 182 valence electrons. The number of para-hydroxylation sites is 1. The van der Waals surface area contributed by atoms with Crippen LogP contribution in [0, 0.1) is 0 Å². The fourth-order valence-electron chi connectivity index (χ4n) is 5.05. The third-order valence-electron chi connectivity index (χ3n) is 6.69. The van der Waals surface area contributed by atoms with Gasteiger partial charge in [-0.1, -0.05) is 48.5 Å². The molecule has 0 fully saturated rings. The fraction of sp³-hybridized carbons (Fsp3) is 0.233. The molecule has 2 aromatic carbocycles. The number of nitrogens with one attached hydrogen (secondary N) is 1. The van der Waals surface area contributed by atoms with Crippen molar-refractivity contribution in [3.63, 3.8) is 0 Å². The van der Waals surface area contributed by atoms with Gasteiger partial charge in [-0.05, 0) is 54.7 Å². The zero-order valence-electron chi connectivity index (χ0n) is 20.1. The summed E-state index contributed by atoms with van der Waals surface area (Å²) < 4.78 is 11.3. The zero-order chi connectivity index (χ0) is 24.9. The van der Waals surface area contributed by atoms with Gasteiger partial charge in [0.25, 0.3) is 0 Å². The molecule has 0 saturated carbocycles. The SMILES string of the molecule is CC1=C(C(=O)OCCOc2ccccc2)[C@@H](c2ccncc2)C2=C(C[C@H](c3ccccc3)CC2=O)N1. The number of carbonyl (C=O) groups excluding carboxylic acids is 2. The summed E-state index contributed by atoms with van der Waals surface area (Å²) in [7, 11) is 0. The second kappa shape index (κ2) is 10.6. The van der Waals surface area contributed by atoms with Crippen LogP contribution in [-0.4, -0.2) is 30.0 Å². The van der Waals surface area contributed by atoms with Crippen molar-refractivity contribution < 1.29 is 19.1 Å². The molecule has 0 bridgehead atoms. The lowest BCUT2D eigenvalue weighted by Crippen LogP contribution is -2.36. The predicted molar refractivity (Wildman–Crippen MR) is 136 cm³/mol. The molecule has 0 amide bonds. The summed E-state index contributed by atoms with van der Waals surface area (Å²) in [6.07, 6.45) is 4.48. The predicted octanol–water partition coefficient (Wildman–Crippen LogP) is 5.07. The molecule has 5 rings (SSSR count). The Labute approximate surface area is 210 Å². The first kappa shape index (κ1) is 23.5. The maximum absolute atomic E-state index is 13.6. The van der Waals surface area contributed by atoms with Crippen LogP contribution < -0.4 is 10.1 Å². The standard InChI is InChI=1S/C30H28N2O4/c1-20-27(30(34)36-17-16-35-24-10-6-3-7-11-24)28(22-12-14-31-15-13-22)29-25(32-20)18-23(19-26(29)33)21-8-4-2-5-9-21/h2-15,23,28,32H,16-19H2,1H3/t23-,28+/m0/s1. The Morgan fingerprint density at radius 3 is 2.33 bits per heavy atom. The molecule has 1 aliphatic carbocycles. The largest absolute Gasteiger partial charge is 0.490 e. The summed E-state index contributed by atoms with van der Waals surface area (Å²) in [5, 5.41) is 3.39. The summed E-state index contributed by atoms with van der Waals surface area (Å²) in [4.78, 5) is 31.1. The number of nitrogens with zero attached hydrogens (tertiary/aromatic N) is 1. The van der Waals surface area contributed by atoms with Gasteiger partial charge in [-0.25, -0.2) is 4.79 Å². The van der Waals surface area contributed by atoms with Crippen LogP contribution in [0.15, 0.2) is 108 Å². The quantitative estimate of drug-likeness (QED) is 0.376. The van der Waals surface area contributed by atoms with Gasteiger partial charge in [0.05, 0.1) is 5.57 Å². The van der Waals surface area contributed by atoms with Gasteiger partial charge in [0.15, 0.2) is 5.78 Å². The first-order chi connectivity index (χ1) is 17.6. The first-order valence-corrected chi connectivity index (χ1v) is 12.2. The molecule has 1 aromatic heterocycles. The third kappa shape index (κ3) is 4.93. The zero-order valence-corrected chi connectivity index (χ0v) is 20.1. The highest BCUT2D eigenvalue weighted by Crippen LogP contribution is 2.45. The van der Waals surface area contributed by atoms with Gasteiger partial charge < -0.3 is 14.8 Å². The van der Waals surface area contributed by atoms with Gasteiger partial charge in [-0.2, -0.15) is 0 Å². The lowest BCUT2D eigenvalue weighted by molar-refractivity contribution is -0.140. The molecule has 6 nitrogen and oxygen atoms in total. The average molecular weight is 481 g/mol. The molecular weight excluding hydrogens is 452 g/mol. The molecule has 1 N–H and O–H groups in total. The highest BCUT2D eigenvalue weighted by atomic mass is 16.6. The van der Waals surface area contributed by atoms with Crippen LogP contribution in [0.25, 0.3) is 0 Å². The number of carbonyl (C=O) groups is 2. The average Bonchev–Trinajstić information content (AvgIpc) is 2.91. The lowest BCUT2D eigenvalue weighted by Gasteiger charge is -2.36. The molecule has 1 aliphatic heterocycles. The van der Waals surface area contributed by atoms with Gasteiger partial charge in [-0.15, -0.1) is 0 Å². The Morgan fingerprint density at radius 2 is 1.61 bits per heavy atom. The van der Waals surface area contributed by atoms with E-state index in [1.54, 1.807) is 12.4 Å². The van der Waals surface area contributed by atoms with Crippen LogP contribution in [0.2, 0.25) is 0 Å². The highest BCUT2D eigenvalue weighted by Gasteiger charge is 2.41. The summed E-state index contributed by atoms with van der Waals surface area (Å²) in [5.41, 5.74) is 4.66. The molecule has 6 heteroatoms. The molecule has 2 aliphatic rings. The summed E-state index contributed by atoms with van der Waals surface area (Å²) in [5.74, 6) is -0.100. The van der Waals surface area contributed by atoms with Crippen LogP contribution in [0.4, 0.5) is 0 Å². The van der Waals surface area contributed by atoms with Gasteiger partial charge in [-0.3, -0.25) is 9.78 Å². The van der Waals surface area contributed by atoms with Crippen LogP contribution >= 0.6 is 0 Å². The van der Waals surface area contributed by atoms with Crippen LogP contribution in [-0.2, 0) is 14.3 Å². The molecule has 0 saturated heterocycles. The van der Waals surface area contributed by atoms with Gasteiger partial charge in [0.2, 0.25) is 0 Å². The minimum absolute atomic E-state index is 0.0460. The Kier molecular flexibility index (Phi) is 6.94. The van der Waals surface area contributed by atoms with Gasteiger partial charge in [0.1, 0.15) is 19.0 Å². The molecule has 0 unspecified atom stereocenters. The van der Waals surface area contributed by atoms with Gasteiger partial charge in [0, 0.05) is 41.7 Å². The summed E-state index contributed by atoms with van der Waals surface area (Å²) in [6.45, 7) is 2.20. The second-order valence-corrected chi connectivity index (χ2v) is 9.01. The number of dihydropyridines is 1. The molecule has 0 spiro atoms. The number of benzene rings is 2. The van der Waals surface area contributed by atoms with Crippen molar-refractivity contribution >= 4 is 11.8 Å². The third-order valence-corrected chi connectivity index (χ3v) is 6.69. The number of esters is 1. The van der Waals surface area contributed by atoms with E-state index in [4.69, 9.17) is 9.47 Å². The normalized spacial score (nSPS) is 19.4.